The Labute approximate surface area is 112 Å². The highest BCUT2D eigenvalue weighted by molar-refractivity contribution is 7.99. The monoisotopic (exact) mass is 256 g/mol. The van der Waals surface area contributed by atoms with E-state index in [2.05, 4.69) is 24.3 Å². The number of benzene rings is 2. The molecule has 2 aromatic carbocycles. The van der Waals surface area contributed by atoms with Gasteiger partial charge in [0.1, 0.15) is 11.5 Å². The van der Waals surface area contributed by atoms with E-state index in [-0.39, 0.29) is 0 Å². The molecule has 0 aromatic heterocycles. The van der Waals surface area contributed by atoms with Crippen molar-refractivity contribution in [2.45, 2.75) is 11.8 Å². The fourth-order valence-electron chi connectivity index (χ4n) is 1.47. The molecule has 18 heavy (non-hydrogen) atoms. The molecule has 0 saturated heterocycles. The summed E-state index contributed by atoms with van der Waals surface area (Å²) in [7, 11) is 0. The number of thioether (sulfide) groups is 1. The van der Waals surface area contributed by atoms with Crippen molar-refractivity contribution in [2.24, 2.45) is 0 Å². The van der Waals surface area contributed by atoms with Crippen LogP contribution >= 0.6 is 11.8 Å². The van der Waals surface area contributed by atoms with Gasteiger partial charge in [-0.25, -0.2) is 0 Å². The third kappa shape index (κ3) is 3.97. The number of hydrogen-bond donors (Lipinski definition) is 0. The molecular weight excluding hydrogens is 240 g/mol. The zero-order valence-electron chi connectivity index (χ0n) is 10.4. The third-order valence-electron chi connectivity index (χ3n) is 2.38. The summed E-state index contributed by atoms with van der Waals surface area (Å²) in [6.07, 6.45) is 4.22. The smallest absolute Gasteiger partial charge is 0.127 e. The van der Waals surface area contributed by atoms with Crippen molar-refractivity contribution in [3.05, 3.63) is 66.7 Å². The van der Waals surface area contributed by atoms with Gasteiger partial charge in [0.25, 0.3) is 0 Å². The predicted octanol–water partition coefficient (Wildman–Crippen LogP) is 5.15. The van der Waals surface area contributed by atoms with Crippen molar-refractivity contribution >= 4 is 11.8 Å². The second-order valence-corrected chi connectivity index (χ2v) is 4.86. The lowest BCUT2D eigenvalue weighted by molar-refractivity contribution is 0.482. The zero-order valence-corrected chi connectivity index (χ0v) is 11.2. The summed E-state index contributed by atoms with van der Waals surface area (Å²) >= 11 is 1.82. The Morgan fingerprint density at radius 2 is 1.61 bits per heavy atom. The molecule has 92 valence electrons. The van der Waals surface area contributed by atoms with Crippen LogP contribution in [-0.2, 0) is 0 Å². The molecule has 2 rings (SSSR count). The van der Waals surface area contributed by atoms with Gasteiger partial charge in [0, 0.05) is 10.6 Å². The van der Waals surface area contributed by atoms with Crippen LogP contribution in [-0.4, -0.2) is 5.75 Å². The van der Waals surface area contributed by atoms with E-state index in [0.717, 1.165) is 17.3 Å². The molecule has 0 heterocycles. The van der Waals surface area contributed by atoms with Crippen LogP contribution in [0.5, 0.6) is 11.5 Å². The Morgan fingerprint density at radius 1 is 0.944 bits per heavy atom. The summed E-state index contributed by atoms with van der Waals surface area (Å²) in [5.74, 6) is 2.75. The fraction of sp³-hybridized carbons (Fsp3) is 0.125. The Bertz CT molecular complexity index is 488. The van der Waals surface area contributed by atoms with E-state index in [0.29, 0.717) is 0 Å². The van der Waals surface area contributed by atoms with Crippen LogP contribution in [0.3, 0.4) is 0 Å². The molecule has 0 saturated carbocycles. The van der Waals surface area contributed by atoms with Gasteiger partial charge in [-0.3, -0.25) is 0 Å². The highest BCUT2D eigenvalue weighted by Crippen LogP contribution is 2.25. The highest BCUT2D eigenvalue weighted by Gasteiger charge is 1.97. The van der Waals surface area contributed by atoms with Gasteiger partial charge in [-0.15, -0.1) is 11.8 Å². The first-order chi connectivity index (χ1) is 8.88. The zero-order chi connectivity index (χ0) is 12.6. The van der Waals surface area contributed by atoms with Gasteiger partial charge < -0.3 is 4.74 Å². The van der Waals surface area contributed by atoms with Crippen LogP contribution in [0.4, 0.5) is 0 Å². The van der Waals surface area contributed by atoms with Gasteiger partial charge in [-0.1, -0.05) is 30.4 Å². The van der Waals surface area contributed by atoms with Gasteiger partial charge >= 0.3 is 0 Å². The molecule has 0 unspecified atom stereocenters. The molecule has 0 radical (unpaired) electrons. The second kappa shape index (κ2) is 6.92. The van der Waals surface area contributed by atoms with Gasteiger partial charge in [-0.05, 0) is 43.3 Å². The number of allylic oxidation sites excluding steroid dienone is 1. The summed E-state index contributed by atoms with van der Waals surface area (Å²) in [4.78, 5) is 1.26. The SMILES string of the molecule is CC=CCSc1ccc(Oc2ccccc2)cc1. The van der Waals surface area contributed by atoms with E-state index in [4.69, 9.17) is 4.74 Å². The van der Waals surface area contributed by atoms with Crippen molar-refractivity contribution in [1.82, 2.24) is 0 Å². The number of hydrogen-bond acceptors (Lipinski definition) is 2. The first kappa shape index (κ1) is 12.8. The van der Waals surface area contributed by atoms with Crippen LogP contribution in [0.25, 0.3) is 0 Å². The minimum atomic E-state index is 0.867. The molecule has 1 nitrogen and oxygen atoms in total. The minimum absolute atomic E-state index is 0.867. The summed E-state index contributed by atoms with van der Waals surface area (Å²) in [5.41, 5.74) is 0. The molecule has 0 amide bonds. The van der Waals surface area contributed by atoms with Crippen LogP contribution in [0.1, 0.15) is 6.92 Å². The molecule has 0 aliphatic carbocycles. The molecule has 0 bridgehead atoms. The first-order valence-electron chi connectivity index (χ1n) is 5.95. The average Bonchev–Trinajstić information content (AvgIpc) is 2.42. The normalized spacial score (nSPS) is 10.7. The summed E-state index contributed by atoms with van der Waals surface area (Å²) in [6, 6.07) is 18.0. The van der Waals surface area contributed by atoms with Crippen LogP contribution in [0.15, 0.2) is 71.6 Å². The fourth-order valence-corrected chi connectivity index (χ4v) is 2.28. The molecule has 0 aliphatic heterocycles. The Kier molecular flexibility index (Phi) is 4.91. The van der Waals surface area contributed by atoms with Gasteiger partial charge in [0.2, 0.25) is 0 Å². The lowest BCUT2D eigenvalue weighted by Gasteiger charge is -2.06. The first-order valence-corrected chi connectivity index (χ1v) is 6.94. The van der Waals surface area contributed by atoms with Crippen LogP contribution in [0.2, 0.25) is 0 Å². The lowest BCUT2D eigenvalue weighted by atomic mass is 10.3. The molecule has 2 aromatic rings. The Balaban J connectivity index is 1.95. The van der Waals surface area contributed by atoms with Gasteiger partial charge in [0.15, 0.2) is 0 Å². The maximum Gasteiger partial charge on any atom is 0.127 e. The highest BCUT2D eigenvalue weighted by atomic mass is 32.2. The average molecular weight is 256 g/mol. The summed E-state index contributed by atoms with van der Waals surface area (Å²) < 4.78 is 5.74. The van der Waals surface area contributed by atoms with E-state index in [1.165, 1.54) is 4.90 Å². The topological polar surface area (TPSA) is 9.23 Å². The van der Waals surface area contributed by atoms with E-state index in [9.17, 15) is 0 Å². The van der Waals surface area contributed by atoms with Gasteiger partial charge in [-0.2, -0.15) is 0 Å². The largest absolute Gasteiger partial charge is 0.457 e. The number of ether oxygens (including phenoxy) is 1. The standard InChI is InChI=1S/C16H16OS/c1-2-3-13-18-16-11-9-15(10-12-16)17-14-7-5-4-6-8-14/h2-12H,13H2,1H3. The quantitative estimate of drug-likeness (QED) is 0.540. The van der Waals surface area contributed by atoms with E-state index in [1.54, 1.807) is 0 Å². The van der Waals surface area contributed by atoms with Crippen molar-refractivity contribution in [3.63, 3.8) is 0 Å². The van der Waals surface area contributed by atoms with Crippen molar-refractivity contribution in [1.29, 1.82) is 0 Å². The van der Waals surface area contributed by atoms with E-state index < -0.39 is 0 Å². The van der Waals surface area contributed by atoms with Crippen LogP contribution < -0.4 is 4.74 Å². The van der Waals surface area contributed by atoms with E-state index in [1.807, 2.05) is 61.2 Å². The molecule has 0 fully saturated rings. The van der Waals surface area contributed by atoms with E-state index >= 15 is 0 Å². The number of para-hydroxylation sites is 1. The molecule has 0 aliphatic rings. The van der Waals surface area contributed by atoms with Crippen molar-refractivity contribution in [3.8, 4) is 11.5 Å². The molecule has 2 heteroatoms. The predicted molar refractivity (Wildman–Crippen MR) is 78.5 cm³/mol. The maximum absolute atomic E-state index is 5.74. The minimum Gasteiger partial charge on any atom is -0.457 e. The van der Waals surface area contributed by atoms with Crippen molar-refractivity contribution < 1.29 is 4.74 Å². The van der Waals surface area contributed by atoms with Crippen LogP contribution in [0, 0.1) is 0 Å². The summed E-state index contributed by atoms with van der Waals surface area (Å²) in [6.45, 7) is 2.04. The second-order valence-electron chi connectivity index (χ2n) is 3.77. The molecule has 0 spiro atoms. The van der Waals surface area contributed by atoms with Crippen molar-refractivity contribution in [2.75, 3.05) is 5.75 Å². The summed E-state index contributed by atoms with van der Waals surface area (Å²) in [5, 5.41) is 0. The van der Waals surface area contributed by atoms with Gasteiger partial charge in [0.05, 0.1) is 0 Å². The third-order valence-corrected chi connectivity index (χ3v) is 3.35. The maximum atomic E-state index is 5.74. The molecule has 0 N–H and O–H groups in total. The number of rotatable bonds is 5. The Hall–Kier alpha value is -1.67. The lowest BCUT2D eigenvalue weighted by Crippen LogP contribution is -1.83. The molecular formula is C16H16OS. The molecule has 0 atom stereocenters. The Morgan fingerprint density at radius 3 is 2.28 bits per heavy atom.